The molecule has 0 aromatic heterocycles. The molecule has 0 bridgehead atoms. The first-order valence-corrected chi connectivity index (χ1v) is 7.57. The minimum atomic E-state index is -4.01. The summed E-state index contributed by atoms with van der Waals surface area (Å²) in [4.78, 5) is 0.987. The first-order valence-electron chi connectivity index (χ1n) is 7.57. The minimum Gasteiger partial charge on any atom is -0.497 e. The monoisotopic (exact) mass is 349 g/mol. The van der Waals surface area contributed by atoms with Crippen LogP contribution >= 0.6 is 0 Å². The number of nitrogens with zero attached hydrogens (tertiary/aromatic N) is 1. The summed E-state index contributed by atoms with van der Waals surface area (Å²) >= 11 is 0. The van der Waals surface area contributed by atoms with Crippen molar-refractivity contribution in [2.24, 2.45) is 0 Å². The average Bonchev–Trinajstić information content (AvgIpc) is 2.82. The van der Waals surface area contributed by atoms with Crippen LogP contribution in [0.25, 0.3) is 0 Å². The summed E-state index contributed by atoms with van der Waals surface area (Å²) < 4.78 is 58.2. The van der Waals surface area contributed by atoms with Gasteiger partial charge in [-0.2, -0.15) is 17.6 Å². The molecule has 0 atom stereocenters. The molecule has 0 N–H and O–H groups in total. The number of benzene rings is 2. The molecule has 0 unspecified atom stereocenters. The Labute approximate surface area is 143 Å². The van der Waals surface area contributed by atoms with Crippen LogP contribution in [0.15, 0.2) is 48.5 Å². The summed E-state index contributed by atoms with van der Waals surface area (Å²) in [5.41, 5.74) is 1.79. The largest absolute Gasteiger partial charge is 0.497 e. The van der Waals surface area contributed by atoms with Gasteiger partial charge in [0.1, 0.15) is 5.75 Å². The molecule has 1 saturated heterocycles. The third-order valence-electron chi connectivity index (χ3n) is 3.99. The fraction of sp³-hybridized carbons (Fsp3) is 0.263. The van der Waals surface area contributed by atoms with E-state index >= 15 is 0 Å². The number of anilines is 1. The highest BCUT2D eigenvalue weighted by Gasteiger charge is 2.62. The van der Waals surface area contributed by atoms with E-state index in [9.17, 15) is 17.6 Å². The van der Waals surface area contributed by atoms with Crippen molar-refractivity contribution in [2.45, 2.75) is 11.8 Å². The number of alkyl halides is 4. The molecule has 1 fully saturated rings. The lowest BCUT2D eigenvalue weighted by Crippen LogP contribution is -2.38. The van der Waals surface area contributed by atoms with Gasteiger partial charge in [-0.15, -0.1) is 0 Å². The summed E-state index contributed by atoms with van der Waals surface area (Å²) in [6.45, 7) is -1.98. The average molecular weight is 349 g/mol. The van der Waals surface area contributed by atoms with Crippen LogP contribution in [-0.2, 0) is 0 Å². The van der Waals surface area contributed by atoms with Crippen LogP contribution < -0.4 is 9.64 Å². The highest BCUT2D eigenvalue weighted by atomic mass is 19.3. The zero-order chi connectivity index (χ0) is 18.1. The standard InChI is InChI=1S/C19H15F4NO/c1-25-17-10-6-15(7-11-17)3-2-14-4-8-16(9-5-14)24-12-18(20,21)19(22,23)13-24/h4-11H,12-13H2,1H3. The van der Waals surface area contributed by atoms with E-state index < -0.39 is 24.9 Å². The maximum absolute atomic E-state index is 13.3. The van der Waals surface area contributed by atoms with Crippen molar-refractivity contribution < 1.29 is 22.3 Å². The molecule has 25 heavy (non-hydrogen) atoms. The number of hydrogen-bond acceptors (Lipinski definition) is 2. The molecule has 6 heteroatoms. The number of methoxy groups -OCH3 is 1. The van der Waals surface area contributed by atoms with Crippen molar-refractivity contribution in [3.05, 3.63) is 59.7 Å². The Morgan fingerprint density at radius 1 is 0.800 bits per heavy atom. The molecule has 3 rings (SSSR count). The van der Waals surface area contributed by atoms with Crippen molar-refractivity contribution in [3.8, 4) is 17.6 Å². The first-order chi connectivity index (χ1) is 11.8. The molecule has 0 spiro atoms. The molecule has 1 aliphatic rings. The maximum Gasteiger partial charge on any atom is 0.329 e. The van der Waals surface area contributed by atoms with Crippen molar-refractivity contribution in [1.82, 2.24) is 0 Å². The molecule has 2 nitrogen and oxygen atoms in total. The Balaban J connectivity index is 1.72. The van der Waals surface area contributed by atoms with Gasteiger partial charge in [0.25, 0.3) is 0 Å². The maximum atomic E-state index is 13.3. The van der Waals surface area contributed by atoms with E-state index in [1.165, 1.54) is 12.1 Å². The van der Waals surface area contributed by atoms with Gasteiger partial charge in [0, 0.05) is 16.8 Å². The SMILES string of the molecule is COc1ccc(C#Cc2ccc(N3CC(F)(F)C(F)(F)C3)cc2)cc1. The van der Waals surface area contributed by atoms with Crippen LogP contribution in [0.4, 0.5) is 23.2 Å². The lowest BCUT2D eigenvalue weighted by atomic mass is 10.1. The van der Waals surface area contributed by atoms with Crippen LogP contribution in [0.3, 0.4) is 0 Å². The molecule has 1 aliphatic heterocycles. The van der Waals surface area contributed by atoms with Crippen molar-refractivity contribution in [1.29, 1.82) is 0 Å². The fourth-order valence-corrected chi connectivity index (χ4v) is 2.52. The predicted molar refractivity (Wildman–Crippen MR) is 87.5 cm³/mol. The number of rotatable bonds is 2. The Kier molecular flexibility index (Phi) is 4.34. The molecule has 1 heterocycles. The van der Waals surface area contributed by atoms with Gasteiger partial charge >= 0.3 is 11.8 Å². The number of ether oxygens (including phenoxy) is 1. The van der Waals surface area contributed by atoms with E-state index in [-0.39, 0.29) is 0 Å². The van der Waals surface area contributed by atoms with Gasteiger partial charge in [-0.3, -0.25) is 0 Å². The third-order valence-corrected chi connectivity index (χ3v) is 3.99. The molecule has 2 aromatic carbocycles. The highest BCUT2D eigenvalue weighted by Crippen LogP contribution is 2.42. The van der Waals surface area contributed by atoms with Gasteiger partial charge in [-0.25, -0.2) is 0 Å². The summed E-state index contributed by atoms with van der Waals surface area (Å²) in [6.07, 6.45) is 0. The second-order valence-corrected chi connectivity index (χ2v) is 5.79. The normalized spacial score (nSPS) is 17.7. The number of halogens is 4. The van der Waals surface area contributed by atoms with Crippen molar-refractivity contribution in [2.75, 3.05) is 25.1 Å². The van der Waals surface area contributed by atoms with Crippen LogP contribution in [0.5, 0.6) is 5.75 Å². The van der Waals surface area contributed by atoms with Crippen molar-refractivity contribution >= 4 is 5.69 Å². The highest BCUT2D eigenvalue weighted by molar-refractivity contribution is 5.53. The lowest BCUT2D eigenvalue weighted by Gasteiger charge is -2.16. The van der Waals surface area contributed by atoms with Crippen LogP contribution in [0, 0.1) is 11.8 Å². The molecule has 0 saturated carbocycles. The smallest absolute Gasteiger partial charge is 0.329 e. The molecular formula is C19H15F4NO. The summed E-state index contributed by atoms with van der Waals surface area (Å²) in [6, 6.07) is 13.5. The molecule has 0 amide bonds. The van der Waals surface area contributed by atoms with Crippen LogP contribution in [-0.4, -0.2) is 32.0 Å². The summed E-state index contributed by atoms with van der Waals surface area (Å²) in [5.74, 6) is -1.39. The van der Waals surface area contributed by atoms with Gasteiger partial charge in [-0.1, -0.05) is 11.8 Å². The van der Waals surface area contributed by atoms with E-state index in [0.29, 0.717) is 11.3 Å². The van der Waals surface area contributed by atoms with Gasteiger partial charge in [0.15, 0.2) is 0 Å². The molecular weight excluding hydrogens is 334 g/mol. The Morgan fingerprint density at radius 2 is 1.24 bits per heavy atom. The zero-order valence-electron chi connectivity index (χ0n) is 13.4. The lowest BCUT2D eigenvalue weighted by molar-refractivity contribution is -0.172. The van der Waals surface area contributed by atoms with Gasteiger partial charge < -0.3 is 9.64 Å². The quantitative estimate of drug-likeness (QED) is 0.596. The third kappa shape index (κ3) is 3.55. The van der Waals surface area contributed by atoms with Gasteiger partial charge in [0.05, 0.1) is 20.2 Å². The van der Waals surface area contributed by atoms with Crippen LogP contribution in [0.2, 0.25) is 0 Å². The fourth-order valence-electron chi connectivity index (χ4n) is 2.52. The van der Waals surface area contributed by atoms with Gasteiger partial charge in [0.2, 0.25) is 0 Å². The summed E-state index contributed by atoms with van der Waals surface area (Å²) in [5, 5.41) is 0. The van der Waals surface area contributed by atoms with E-state index in [1.54, 1.807) is 31.4 Å². The van der Waals surface area contributed by atoms with E-state index in [2.05, 4.69) is 11.8 Å². The number of hydrogen-bond donors (Lipinski definition) is 0. The van der Waals surface area contributed by atoms with E-state index in [4.69, 9.17) is 4.74 Å². The molecule has 130 valence electrons. The predicted octanol–water partition coefficient (Wildman–Crippen LogP) is 4.19. The van der Waals surface area contributed by atoms with Crippen LogP contribution in [0.1, 0.15) is 11.1 Å². The Morgan fingerprint density at radius 3 is 1.68 bits per heavy atom. The van der Waals surface area contributed by atoms with Gasteiger partial charge in [-0.05, 0) is 48.5 Å². The van der Waals surface area contributed by atoms with E-state index in [1.807, 2.05) is 12.1 Å². The minimum absolute atomic E-state index is 0.326. The first kappa shape index (κ1) is 17.2. The second-order valence-electron chi connectivity index (χ2n) is 5.79. The Bertz CT molecular complexity index is 788. The second kappa shape index (κ2) is 6.32. The molecule has 0 aliphatic carbocycles. The molecule has 0 radical (unpaired) electrons. The van der Waals surface area contributed by atoms with E-state index in [0.717, 1.165) is 16.2 Å². The summed E-state index contributed by atoms with van der Waals surface area (Å²) in [7, 11) is 1.58. The molecule has 2 aromatic rings. The Hall–Kier alpha value is -2.68. The zero-order valence-corrected chi connectivity index (χ0v) is 13.4. The topological polar surface area (TPSA) is 12.5 Å². The van der Waals surface area contributed by atoms with Crippen molar-refractivity contribution in [3.63, 3.8) is 0 Å².